The number of aromatic nitrogens is 1. The number of likely N-dealkylation sites (N-methyl/N-ethyl adjacent to an activating group) is 1. The van der Waals surface area contributed by atoms with E-state index in [2.05, 4.69) is 10.3 Å². The zero-order valence-electron chi connectivity index (χ0n) is 11.8. The molecular formula is C13H21FN4O. The second-order valence-corrected chi connectivity index (χ2v) is 5.17. The molecule has 0 saturated heterocycles. The van der Waals surface area contributed by atoms with E-state index in [1.807, 2.05) is 32.8 Å². The summed E-state index contributed by atoms with van der Waals surface area (Å²) < 4.78 is 13.1. The second kappa shape index (κ2) is 6.47. The first-order valence-corrected chi connectivity index (χ1v) is 6.18. The minimum atomic E-state index is -0.576. The summed E-state index contributed by atoms with van der Waals surface area (Å²) in [5.41, 5.74) is 5.67. The van der Waals surface area contributed by atoms with Crippen LogP contribution < -0.4 is 11.1 Å². The predicted molar refractivity (Wildman–Crippen MR) is 73.3 cm³/mol. The number of nitrogens with one attached hydrogen (secondary N) is 1. The van der Waals surface area contributed by atoms with E-state index in [4.69, 9.17) is 5.73 Å². The highest BCUT2D eigenvalue weighted by molar-refractivity contribution is 5.98. The van der Waals surface area contributed by atoms with Crippen LogP contribution in [0, 0.1) is 11.7 Å². The normalized spacial score (nSPS) is 12.8. The van der Waals surface area contributed by atoms with Crippen LogP contribution in [0.4, 0.5) is 10.2 Å². The van der Waals surface area contributed by atoms with Gasteiger partial charge >= 0.3 is 0 Å². The lowest BCUT2D eigenvalue weighted by Gasteiger charge is -2.25. The molecule has 6 heteroatoms. The Morgan fingerprint density at radius 3 is 2.68 bits per heavy atom. The summed E-state index contributed by atoms with van der Waals surface area (Å²) in [5.74, 6) is -0.682. The molecule has 106 valence electrons. The molecule has 0 aromatic carbocycles. The fourth-order valence-electron chi connectivity index (χ4n) is 1.69. The summed E-state index contributed by atoms with van der Waals surface area (Å²) in [6, 6.07) is 1.07. The van der Waals surface area contributed by atoms with E-state index in [1.165, 1.54) is 0 Å². The molecule has 0 radical (unpaired) electrons. The van der Waals surface area contributed by atoms with Gasteiger partial charge in [0, 0.05) is 12.6 Å². The SMILES string of the molecule is CC(C)C(CN(C)C)NC(=O)c1cc(F)cnc1N. The molecular weight excluding hydrogens is 247 g/mol. The number of pyridine rings is 1. The quantitative estimate of drug-likeness (QED) is 0.839. The van der Waals surface area contributed by atoms with Crippen LogP contribution >= 0.6 is 0 Å². The van der Waals surface area contributed by atoms with Crippen molar-refractivity contribution in [2.75, 3.05) is 26.4 Å². The lowest BCUT2D eigenvalue weighted by atomic mass is 10.0. The standard InChI is InChI=1S/C13H21FN4O/c1-8(2)11(7-18(3)4)17-13(19)10-5-9(14)6-16-12(10)15/h5-6,8,11H,7H2,1-4H3,(H2,15,16)(H,17,19). The van der Waals surface area contributed by atoms with Gasteiger partial charge in [-0.25, -0.2) is 9.37 Å². The van der Waals surface area contributed by atoms with E-state index in [0.29, 0.717) is 6.54 Å². The van der Waals surface area contributed by atoms with Crippen molar-refractivity contribution >= 4 is 11.7 Å². The summed E-state index contributed by atoms with van der Waals surface area (Å²) in [4.78, 5) is 17.7. The van der Waals surface area contributed by atoms with Crippen LogP contribution in [-0.4, -0.2) is 42.5 Å². The number of halogens is 1. The van der Waals surface area contributed by atoms with Crippen LogP contribution in [0.3, 0.4) is 0 Å². The zero-order chi connectivity index (χ0) is 14.6. The fraction of sp³-hybridized carbons (Fsp3) is 0.538. The molecule has 0 saturated carbocycles. The molecule has 0 spiro atoms. The van der Waals surface area contributed by atoms with E-state index in [9.17, 15) is 9.18 Å². The summed E-state index contributed by atoms with van der Waals surface area (Å²) in [6.07, 6.45) is 0.992. The van der Waals surface area contributed by atoms with E-state index >= 15 is 0 Å². The lowest BCUT2D eigenvalue weighted by Crippen LogP contribution is -2.45. The van der Waals surface area contributed by atoms with Crippen molar-refractivity contribution in [2.24, 2.45) is 5.92 Å². The molecule has 0 bridgehead atoms. The average molecular weight is 268 g/mol. The Labute approximate surface area is 113 Å². The maximum Gasteiger partial charge on any atom is 0.255 e. The van der Waals surface area contributed by atoms with Crippen molar-refractivity contribution < 1.29 is 9.18 Å². The summed E-state index contributed by atoms with van der Waals surface area (Å²) in [5, 5.41) is 2.86. The van der Waals surface area contributed by atoms with Crippen LogP contribution in [-0.2, 0) is 0 Å². The Morgan fingerprint density at radius 2 is 2.16 bits per heavy atom. The molecule has 0 aliphatic carbocycles. The number of nitrogens with two attached hydrogens (primary N) is 1. The minimum absolute atomic E-state index is 0.0336. The highest BCUT2D eigenvalue weighted by Gasteiger charge is 2.20. The molecule has 1 heterocycles. The average Bonchev–Trinajstić information content (AvgIpc) is 2.30. The Kier molecular flexibility index (Phi) is 5.23. The molecule has 1 aromatic heterocycles. The van der Waals surface area contributed by atoms with Gasteiger partial charge in [0.1, 0.15) is 11.6 Å². The van der Waals surface area contributed by atoms with Crippen LogP contribution in [0.15, 0.2) is 12.3 Å². The number of amides is 1. The molecule has 3 N–H and O–H groups in total. The summed E-state index contributed by atoms with van der Waals surface area (Å²) in [6.45, 7) is 4.73. The van der Waals surface area contributed by atoms with Gasteiger partial charge in [-0.05, 0) is 26.1 Å². The number of carbonyl (C=O) groups is 1. The Morgan fingerprint density at radius 1 is 1.53 bits per heavy atom. The van der Waals surface area contributed by atoms with E-state index in [-0.39, 0.29) is 23.3 Å². The third-order valence-corrected chi connectivity index (χ3v) is 2.81. The Balaban J connectivity index is 2.84. The van der Waals surface area contributed by atoms with Crippen LogP contribution in [0.2, 0.25) is 0 Å². The van der Waals surface area contributed by atoms with Gasteiger partial charge in [-0.15, -0.1) is 0 Å². The molecule has 1 unspecified atom stereocenters. The smallest absolute Gasteiger partial charge is 0.255 e. The largest absolute Gasteiger partial charge is 0.383 e. The second-order valence-electron chi connectivity index (χ2n) is 5.17. The van der Waals surface area contributed by atoms with Gasteiger partial charge in [-0.3, -0.25) is 4.79 Å². The maximum atomic E-state index is 13.1. The van der Waals surface area contributed by atoms with E-state index < -0.39 is 11.7 Å². The van der Waals surface area contributed by atoms with Gasteiger partial charge in [-0.2, -0.15) is 0 Å². The summed E-state index contributed by atoms with van der Waals surface area (Å²) >= 11 is 0. The van der Waals surface area contributed by atoms with Crippen molar-refractivity contribution in [2.45, 2.75) is 19.9 Å². The fourth-order valence-corrected chi connectivity index (χ4v) is 1.69. The van der Waals surface area contributed by atoms with Gasteiger partial charge in [0.25, 0.3) is 5.91 Å². The molecule has 1 atom stereocenters. The van der Waals surface area contributed by atoms with Crippen molar-refractivity contribution in [1.29, 1.82) is 0 Å². The van der Waals surface area contributed by atoms with Gasteiger partial charge in [0.15, 0.2) is 0 Å². The Bertz CT molecular complexity index is 448. The molecule has 1 amide bonds. The van der Waals surface area contributed by atoms with Crippen molar-refractivity contribution in [1.82, 2.24) is 15.2 Å². The van der Waals surface area contributed by atoms with Crippen LogP contribution in [0.25, 0.3) is 0 Å². The molecule has 5 nitrogen and oxygen atoms in total. The van der Waals surface area contributed by atoms with Gasteiger partial charge in [-0.1, -0.05) is 13.8 Å². The zero-order valence-corrected chi connectivity index (χ0v) is 11.8. The first kappa shape index (κ1) is 15.4. The lowest BCUT2D eigenvalue weighted by molar-refractivity contribution is 0.0917. The predicted octanol–water partition coefficient (Wildman–Crippen LogP) is 1.12. The van der Waals surface area contributed by atoms with Crippen molar-refractivity contribution in [3.05, 3.63) is 23.6 Å². The third kappa shape index (κ3) is 4.48. The number of carbonyl (C=O) groups excluding carboxylic acids is 1. The molecule has 1 aromatic rings. The first-order valence-electron chi connectivity index (χ1n) is 6.18. The van der Waals surface area contributed by atoms with Gasteiger partial charge in [0.2, 0.25) is 0 Å². The summed E-state index contributed by atoms with van der Waals surface area (Å²) in [7, 11) is 3.86. The highest BCUT2D eigenvalue weighted by Crippen LogP contribution is 2.11. The van der Waals surface area contributed by atoms with Crippen molar-refractivity contribution in [3.8, 4) is 0 Å². The molecule has 1 rings (SSSR count). The number of nitrogen functional groups attached to an aromatic ring is 1. The maximum absolute atomic E-state index is 13.1. The number of anilines is 1. The molecule has 0 aliphatic heterocycles. The number of rotatable bonds is 5. The number of hydrogen-bond acceptors (Lipinski definition) is 4. The monoisotopic (exact) mass is 268 g/mol. The Hall–Kier alpha value is -1.69. The highest BCUT2D eigenvalue weighted by atomic mass is 19.1. The van der Waals surface area contributed by atoms with Crippen LogP contribution in [0.5, 0.6) is 0 Å². The van der Waals surface area contributed by atoms with E-state index in [1.54, 1.807) is 0 Å². The number of nitrogens with zero attached hydrogens (tertiary/aromatic N) is 2. The number of hydrogen-bond donors (Lipinski definition) is 2. The van der Waals surface area contributed by atoms with Gasteiger partial charge < -0.3 is 16.0 Å². The molecule has 19 heavy (non-hydrogen) atoms. The molecule has 0 aliphatic rings. The van der Waals surface area contributed by atoms with Crippen molar-refractivity contribution in [3.63, 3.8) is 0 Å². The topological polar surface area (TPSA) is 71.2 Å². The van der Waals surface area contributed by atoms with Gasteiger partial charge in [0.05, 0.1) is 11.8 Å². The van der Waals surface area contributed by atoms with Crippen LogP contribution in [0.1, 0.15) is 24.2 Å². The van der Waals surface area contributed by atoms with E-state index in [0.717, 1.165) is 12.3 Å². The third-order valence-electron chi connectivity index (χ3n) is 2.81. The molecule has 0 fully saturated rings. The minimum Gasteiger partial charge on any atom is -0.383 e. The first-order chi connectivity index (χ1) is 8.81.